The van der Waals surface area contributed by atoms with E-state index in [0.717, 1.165) is 0 Å². The van der Waals surface area contributed by atoms with Crippen LogP contribution in [-0.4, -0.2) is 23.3 Å². The van der Waals surface area contributed by atoms with Crippen molar-refractivity contribution >= 4 is 6.09 Å². The number of aliphatic hydroxyl groups is 1. The Balaban J connectivity index is 2.54. The van der Waals surface area contributed by atoms with Gasteiger partial charge < -0.3 is 15.2 Å². The minimum absolute atomic E-state index is 0.0315. The summed E-state index contributed by atoms with van der Waals surface area (Å²) in [4.78, 5) is 11.4. The van der Waals surface area contributed by atoms with Crippen LogP contribution in [0, 0.1) is 11.3 Å². The van der Waals surface area contributed by atoms with Gasteiger partial charge in [-0.15, -0.1) is 0 Å². The van der Waals surface area contributed by atoms with Gasteiger partial charge in [-0.1, -0.05) is 12.1 Å². The average Bonchev–Trinajstić information content (AvgIpc) is 2.34. The zero-order valence-electron chi connectivity index (χ0n) is 11.3. The number of amides is 1. The molecule has 0 saturated heterocycles. The van der Waals surface area contributed by atoms with Crippen LogP contribution in [0.25, 0.3) is 0 Å². The number of carbonyl (C=O) groups is 1. The Kier molecular flexibility index (Phi) is 4.90. The van der Waals surface area contributed by atoms with Crippen LogP contribution in [0.1, 0.15) is 38.0 Å². The summed E-state index contributed by atoms with van der Waals surface area (Å²) in [5, 5.41) is 21.2. The third kappa shape index (κ3) is 5.40. The average molecular weight is 262 g/mol. The van der Waals surface area contributed by atoms with E-state index >= 15 is 0 Å². The standard InChI is InChI=1S/C14H18N2O3/c1-14(2,3)19-13(18)16-9-12(17)11-6-4-5-10(7-11)8-15/h4-7,12,17H,9H2,1-3H3,(H,16,18)/t12-/m1/s1. The molecule has 0 fully saturated rings. The van der Waals surface area contributed by atoms with Gasteiger partial charge in [0.15, 0.2) is 0 Å². The van der Waals surface area contributed by atoms with Crippen LogP contribution in [0.5, 0.6) is 0 Å². The molecule has 0 bridgehead atoms. The Labute approximate surface area is 112 Å². The molecule has 0 radical (unpaired) electrons. The molecule has 0 heterocycles. The SMILES string of the molecule is CC(C)(C)OC(=O)NC[C@@H](O)c1cccc(C#N)c1. The smallest absolute Gasteiger partial charge is 0.407 e. The lowest BCUT2D eigenvalue weighted by Crippen LogP contribution is -2.34. The molecule has 1 atom stereocenters. The molecule has 2 N–H and O–H groups in total. The Hall–Kier alpha value is -2.06. The minimum atomic E-state index is -0.874. The van der Waals surface area contributed by atoms with Crippen LogP contribution in [0.3, 0.4) is 0 Å². The van der Waals surface area contributed by atoms with E-state index in [4.69, 9.17) is 10.00 Å². The molecule has 5 nitrogen and oxygen atoms in total. The summed E-state index contributed by atoms with van der Waals surface area (Å²) in [7, 11) is 0. The van der Waals surface area contributed by atoms with Crippen LogP contribution >= 0.6 is 0 Å². The zero-order chi connectivity index (χ0) is 14.5. The fourth-order valence-corrected chi connectivity index (χ4v) is 1.43. The minimum Gasteiger partial charge on any atom is -0.444 e. The fraction of sp³-hybridized carbons (Fsp3) is 0.429. The second-order valence-electron chi connectivity index (χ2n) is 5.14. The zero-order valence-corrected chi connectivity index (χ0v) is 11.3. The van der Waals surface area contributed by atoms with Gasteiger partial charge in [-0.2, -0.15) is 5.26 Å². The number of alkyl carbamates (subject to hydrolysis) is 1. The molecule has 1 aromatic carbocycles. The number of nitrogens with one attached hydrogen (secondary N) is 1. The molecule has 1 rings (SSSR count). The van der Waals surface area contributed by atoms with Crippen LogP contribution in [0.15, 0.2) is 24.3 Å². The lowest BCUT2D eigenvalue weighted by Gasteiger charge is -2.20. The molecule has 5 heteroatoms. The Bertz CT molecular complexity index is 486. The molecule has 19 heavy (non-hydrogen) atoms. The lowest BCUT2D eigenvalue weighted by atomic mass is 10.1. The van der Waals surface area contributed by atoms with Gasteiger partial charge >= 0.3 is 6.09 Å². The molecular formula is C14H18N2O3. The molecule has 0 aromatic heterocycles. The van der Waals surface area contributed by atoms with Gasteiger partial charge in [0.1, 0.15) is 5.60 Å². The molecule has 0 aliphatic heterocycles. The molecule has 0 aliphatic carbocycles. The number of ether oxygens (including phenoxy) is 1. The molecule has 0 saturated carbocycles. The molecular weight excluding hydrogens is 244 g/mol. The van der Waals surface area contributed by atoms with Gasteiger partial charge in [0.05, 0.1) is 24.3 Å². The molecule has 102 valence electrons. The van der Waals surface area contributed by atoms with Gasteiger partial charge in [0.2, 0.25) is 0 Å². The first kappa shape index (κ1) is 15.0. The van der Waals surface area contributed by atoms with Crippen molar-refractivity contribution in [3.05, 3.63) is 35.4 Å². The van der Waals surface area contributed by atoms with Crippen molar-refractivity contribution in [3.8, 4) is 6.07 Å². The van der Waals surface area contributed by atoms with Crippen molar-refractivity contribution in [1.82, 2.24) is 5.32 Å². The highest BCUT2D eigenvalue weighted by Crippen LogP contribution is 2.14. The van der Waals surface area contributed by atoms with Gasteiger partial charge in [-0.25, -0.2) is 4.79 Å². The van der Waals surface area contributed by atoms with Gasteiger partial charge in [-0.3, -0.25) is 0 Å². The number of benzene rings is 1. The third-order valence-corrected chi connectivity index (χ3v) is 2.24. The predicted molar refractivity (Wildman–Crippen MR) is 70.4 cm³/mol. The van der Waals surface area contributed by atoms with Crippen molar-refractivity contribution in [3.63, 3.8) is 0 Å². The summed E-state index contributed by atoms with van der Waals surface area (Å²) in [6.07, 6.45) is -1.45. The normalized spacial score (nSPS) is 12.4. The summed E-state index contributed by atoms with van der Waals surface area (Å²) >= 11 is 0. The van der Waals surface area contributed by atoms with Crippen molar-refractivity contribution in [2.45, 2.75) is 32.5 Å². The number of carbonyl (C=O) groups excluding carboxylic acids is 1. The van der Waals surface area contributed by atoms with Crippen molar-refractivity contribution in [2.75, 3.05) is 6.54 Å². The molecule has 0 aliphatic rings. The maximum absolute atomic E-state index is 11.4. The second-order valence-corrected chi connectivity index (χ2v) is 5.14. The summed E-state index contributed by atoms with van der Waals surface area (Å²) in [5.41, 5.74) is 0.472. The predicted octanol–water partition coefficient (Wildman–Crippen LogP) is 2.12. The second kappa shape index (κ2) is 6.21. The fourth-order valence-electron chi connectivity index (χ4n) is 1.43. The molecule has 0 spiro atoms. The van der Waals surface area contributed by atoms with Gasteiger partial charge in [-0.05, 0) is 38.5 Å². The third-order valence-electron chi connectivity index (χ3n) is 2.24. The largest absolute Gasteiger partial charge is 0.444 e. The summed E-state index contributed by atoms with van der Waals surface area (Å²) in [6, 6.07) is 8.61. The summed E-state index contributed by atoms with van der Waals surface area (Å²) in [6.45, 7) is 5.32. The number of aliphatic hydroxyl groups excluding tert-OH is 1. The van der Waals surface area contributed by atoms with Gasteiger partial charge in [0, 0.05) is 0 Å². The summed E-state index contributed by atoms with van der Waals surface area (Å²) < 4.78 is 5.06. The first-order chi connectivity index (χ1) is 8.81. The maximum Gasteiger partial charge on any atom is 0.407 e. The lowest BCUT2D eigenvalue weighted by molar-refractivity contribution is 0.0492. The first-order valence-corrected chi connectivity index (χ1v) is 5.97. The highest BCUT2D eigenvalue weighted by Gasteiger charge is 2.17. The first-order valence-electron chi connectivity index (χ1n) is 5.97. The quantitative estimate of drug-likeness (QED) is 0.874. The van der Waals surface area contributed by atoms with Crippen LogP contribution in [0.2, 0.25) is 0 Å². The molecule has 0 unspecified atom stereocenters. The highest BCUT2D eigenvalue weighted by atomic mass is 16.6. The topological polar surface area (TPSA) is 82.3 Å². The number of hydrogen-bond acceptors (Lipinski definition) is 4. The van der Waals surface area contributed by atoms with Gasteiger partial charge in [0.25, 0.3) is 0 Å². The van der Waals surface area contributed by atoms with Crippen LogP contribution < -0.4 is 5.32 Å². The maximum atomic E-state index is 11.4. The van der Waals surface area contributed by atoms with Crippen LogP contribution in [-0.2, 0) is 4.74 Å². The van der Waals surface area contributed by atoms with E-state index in [1.54, 1.807) is 45.0 Å². The van der Waals surface area contributed by atoms with E-state index in [-0.39, 0.29) is 6.54 Å². The van der Waals surface area contributed by atoms with E-state index in [1.165, 1.54) is 0 Å². The highest BCUT2D eigenvalue weighted by molar-refractivity contribution is 5.67. The Morgan fingerprint density at radius 3 is 2.79 bits per heavy atom. The number of nitrogens with zero attached hydrogens (tertiary/aromatic N) is 1. The van der Waals surface area contributed by atoms with E-state index < -0.39 is 17.8 Å². The van der Waals surface area contributed by atoms with Crippen molar-refractivity contribution in [2.24, 2.45) is 0 Å². The number of hydrogen-bond donors (Lipinski definition) is 2. The monoisotopic (exact) mass is 262 g/mol. The Morgan fingerprint density at radius 1 is 1.53 bits per heavy atom. The van der Waals surface area contributed by atoms with E-state index in [2.05, 4.69) is 5.32 Å². The molecule has 1 aromatic rings. The Morgan fingerprint density at radius 2 is 2.21 bits per heavy atom. The van der Waals surface area contributed by atoms with E-state index in [0.29, 0.717) is 11.1 Å². The number of rotatable bonds is 3. The van der Waals surface area contributed by atoms with E-state index in [9.17, 15) is 9.90 Å². The number of nitriles is 1. The molecule has 1 amide bonds. The van der Waals surface area contributed by atoms with E-state index in [1.807, 2.05) is 6.07 Å². The summed E-state index contributed by atoms with van der Waals surface area (Å²) in [5.74, 6) is 0. The van der Waals surface area contributed by atoms with Crippen LogP contribution in [0.4, 0.5) is 4.79 Å². The van der Waals surface area contributed by atoms with Crippen molar-refractivity contribution < 1.29 is 14.6 Å². The van der Waals surface area contributed by atoms with Crippen molar-refractivity contribution in [1.29, 1.82) is 5.26 Å².